The third-order valence-corrected chi connectivity index (χ3v) is 5.34. The number of hydrogen-bond acceptors (Lipinski definition) is 5. The van der Waals surface area contributed by atoms with E-state index in [0.29, 0.717) is 33.8 Å². The Balaban J connectivity index is 1.83. The van der Waals surface area contributed by atoms with Crippen LogP contribution in [0.1, 0.15) is 27.2 Å². The normalized spacial score (nSPS) is 10.7. The molecule has 0 radical (unpaired) electrons. The number of carbonyl (C=O) groups excluding carboxylic acids is 2. The van der Waals surface area contributed by atoms with Crippen LogP contribution in [0.15, 0.2) is 24.3 Å². The number of likely N-dealkylation sites (N-methyl/N-ethyl adjacent to an activating group) is 1. The van der Waals surface area contributed by atoms with E-state index in [1.807, 2.05) is 32.9 Å². The number of carbonyl (C=O) groups is 2. The van der Waals surface area contributed by atoms with Gasteiger partial charge in [0.2, 0.25) is 5.91 Å². The lowest BCUT2D eigenvalue weighted by atomic mass is 10.1. The van der Waals surface area contributed by atoms with Crippen molar-refractivity contribution in [3.05, 3.63) is 46.6 Å². The van der Waals surface area contributed by atoms with Gasteiger partial charge in [-0.2, -0.15) is 0 Å². The zero-order chi connectivity index (χ0) is 23.6. The van der Waals surface area contributed by atoms with Gasteiger partial charge in [-0.05, 0) is 38.0 Å². The van der Waals surface area contributed by atoms with Gasteiger partial charge in [0.05, 0.1) is 33.4 Å². The van der Waals surface area contributed by atoms with Crippen molar-refractivity contribution >= 4 is 28.4 Å². The summed E-state index contributed by atoms with van der Waals surface area (Å²) in [5.74, 6) is 0.877. The summed E-state index contributed by atoms with van der Waals surface area (Å²) < 4.78 is 16.3. The Hall–Kier alpha value is -3.68. The van der Waals surface area contributed by atoms with Crippen molar-refractivity contribution in [2.45, 2.75) is 20.8 Å². The van der Waals surface area contributed by atoms with Gasteiger partial charge in [-0.25, -0.2) is 0 Å². The van der Waals surface area contributed by atoms with Crippen molar-refractivity contribution in [2.75, 3.05) is 40.2 Å². The minimum absolute atomic E-state index is 0.0987. The van der Waals surface area contributed by atoms with Gasteiger partial charge in [-0.1, -0.05) is 17.7 Å². The summed E-state index contributed by atoms with van der Waals surface area (Å²) in [6.45, 7) is 5.81. The van der Waals surface area contributed by atoms with E-state index in [0.717, 1.165) is 22.4 Å². The van der Waals surface area contributed by atoms with Crippen LogP contribution in [0.25, 0.3) is 10.9 Å². The summed E-state index contributed by atoms with van der Waals surface area (Å²) in [5, 5.41) is 3.60. The standard InChI is InChI=1S/C24H29N3O5/c1-13-8-14(2)21(15(3)9-13)26-20(28)12-27(4)24(29)17-10-16-18(30-5)11-19(31-6)23(32-7)22(16)25-17/h8-11,25H,12H2,1-7H3,(H,26,28). The first kappa shape index (κ1) is 23.0. The molecule has 0 fully saturated rings. The van der Waals surface area contributed by atoms with Gasteiger partial charge in [-0.3, -0.25) is 9.59 Å². The van der Waals surface area contributed by atoms with E-state index in [-0.39, 0.29) is 18.4 Å². The topological polar surface area (TPSA) is 92.9 Å². The summed E-state index contributed by atoms with van der Waals surface area (Å²) in [4.78, 5) is 30.1. The first-order valence-electron chi connectivity index (χ1n) is 10.1. The van der Waals surface area contributed by atoms with Crippen LogP contribution >= 0.6 is 0 Å². The van der Waals surface area contributed by atoms with E-state index in [2.05, 4.69) is 10.3 Å². The van der Waals surface area contributed by atoms with Crippen molar-refractivity contribution in [3.63, 3.8) is 0 Å². The third-order valence-electron chi connectivity index (χ3n) is 5.34. The number of aromatic nitrogens is 1. The summed E-state index contributed by atoms with van der Waals surface area (Å²) in [7, 11) is 6.18. The van der Waals surface area contributed by atoms with Crippen molar-refractivity contribution in [1.82, 2.24) is 9.88 Å². The van der Waals surface area contributed by atoms with Crippen LogP contribution in [0.4, 0.5) is 5.69 Å². The lowest BCUT2D eigenvalue weighted by molar-refractivity contribution is -0.116. The fourth-order valence-corrected chi connectivity index (χ4v) is 3.90. The first-order chi connectivity index (χ1) is 15.2. The van der Waals surface area contributed by atoms with Crippen molar-refractivity contribution < 1.29 is 23.8 Å². The van der Waals surface area contributed by atoms with Crippen LogP contribution in [0.5, 0.6) is 17.2 Å². The van der Waals surface area contributed by atoms with Crippen LogP contribution in [-0.2, 0) is 4.79 Å². The minimum Gasteiger partial charge on any atom is -0.496 e. The lowest BCUT2D eigenvalue weighted by Gasteiger charge is -2.18. The van der Waals surface area contributed by atoms with Gasteiger partial charge in [0.15, 0.2) is 11.5 Å². The van der Waals surface area contributed by atoms with E-state index in [1.54, 1.807) is 26.3 Å². The second-order valence-electron chi connectivity index (χ2n) is 7.77. The Morgan fingerprint density at radius 3 is 2.12 bits per heavy atom. The second-order valence-corrected chi connectivity index (χ2v) is 7.77. The number of aryl methyl sites for hydroxylation is 3. The molecule has 8 heteroatoms. The molecule has 0 spiro atoms. The van der Waals surface area contributed by atoms with Gasteiger partial charge in [0.1, 0.15) is 11.4 Å². The zero-order valence-electron chi connectivity index (χ0n) is 19.5. The fourth-order valence-electron chi connectivity index (χ4n) is 3.90. The fraction of sp³-hybridized carbons (Fsp3) is 0.333. The van der Waals surface area contributed by atoms with E-state index >= 15 is 0 Å². The maximum atomic E-state index is 13.0. The predicted octanol–water partition coefficient (Wildman–Crippen LogP) is 3.83. The monoisotopic (exact) mass is 439 g/mol. The molecule has 2 aromatic carbocycles. The smallest absolute Gasteiger partial charge is 0.270 e. The van der Waals surface area contributed by atoms with Crippen molar-refractivity contribution in [1.29, 1.82) is 0 Å². The van der Waals surface area contributed by atoms with Gasteiger partial charge < -0.3 is 29.4 Å². The Kier molecular flexibility index (Phi) is 6.62. The van der Waals surface area contributed by atoms with E-state index < -0.39 is 0 Å². The number of nitrogens with one attached hydrogen (secondary N) is 2. The molecule has 0 saturated heterocycles. The van der Waals surface area contributed by atoms with Crippen LogP contribution < -0.4 is 19.5 Å². The van der Waals surface area contributed by atoms with E-state index in [9.17, 15) is 9.59 Å². The molecule has 0 aliphatic rings. The van der Waals surface area contributed by atoms with E-state index in [1.165, 1.54) is 19.1 Å². The highest BCUT2D eigenvalue weighted by atomic mass is 16.5. The Morgan fingerprint density at radius 2 is 1.56 bits per heavy atom. The molecule has 2 N–H and O–H groups in total. The van der Waals surface area contributed by atoms with Crippen molar-refractivity contribution in [2.24, 2.45) is 0 Å². The molecular formula is C24H29N3O5. The number of ether oxygens (including phenoxy) is 3. The summed E-state index contributed by atoms with van der Waals surface area (Å²) in [6.07, 6.45) is 0. The molecule has 2 amide bonds. The molecule has 3 rings (SSSR count). The maximum Gasteiger partial charge on any atom is 0.270 e. The average molecular weight is 440 g/mol. The number of aromatic amines is 1. The van der Waals surface area contributed by atoms with Crippen LogP contribution in [0.3, 0.4) is 0 Å². The number of methoxy groups -OCH3 is 3. The molecule has 32 heavy (non-hydrogen) atoms. The number of fused-ring (bicyclic) bond motifs is 1. The van der Waals surface area contributed by atoms with Crippen LogP contribution in [-0.4, -0.2) is 56.6 Å². The second kappa shape index (κ2) is 9.21. The summed E-state index contributed by atoms with van der Waals surface area (Å²) in [6, 6.07) is 7.40. The molecule has 3 aromatic rings. The summed E-state index contributed by atoms with van der Waals surface area (Å²) >= 11 is 0. The van der Waals surface area contributed by atoms with Gasteiger partial charge in [0, 0.05) is 24.2 Å². The molecule has 170 valence electrons. The highest BCUT2D eigenvalue weighted by molar-refractivity contribution is 6.04. The number of nitrogens with zero attached hydrogens (tertiary/aromatic N) is 1. The highest BCUT2D eigenvalue weighted by Gasteiger charge is 2.22. The molecule has 1 heterocycles. The zero-order valence-corrected chi connectivity index (χ0v) is 19.5. The molecule has 1 aromatic heterocycles. The predicted molar refractivity (Wildman–Crippen MR) is 124 cm³/mol. The molecule has 8 nitrogen and oxygen atoms in total. The molecule has 0 saturated carbocycles. The molecule has 0 aliphatic carbocycles. The number of benzene rings is 2. The number of anilines is 1. The number of amides is 2. The summed E-state index contributed by atoms with van der Waals surface area (Å²) in [5.41, 5.74) is 4.75. The van der Waals surface area contributed by atoms with Crippen molar-refractivity contribution in [3.8, 4) is 17.2 Å². The quantitative estimate of drug-likeness (QED) is 0.584. The Bertz CT molecular complexity index is 1160. The van der Waals surface area contributed by atoms with Crippen LogP contribution in [0.2, 0.25) is 0 Å². The number of hydrogen-bond donors (Lipinski definition) is 2. The van der Waals surface area contributed by atoms with Gasteiger partial charge in [-0.15, -0.1) is 0 Å². The maximum absolute atomic E-state index is 13.0. The number of H-pyrrole nitrogens is 1. The Labute approximate surface area is 187 Å². The van der Waals surface area contributed by atoms with Gasteiger partial charge in [0.25, 0.3) is 5.91 Å². The SMILES string of the molecule is COc1cc(OC)c2cc(C(=O)N(C)CC(=O)Nc3c(C)cc(C)cc3C)[nH]c2c1OC. The van der Waals surface area contributed by atoms with Gasteiger partial charge >= 0.3 is 0 Å². The molecule has 0 atom stereocenters. The first-order valence-corrected chi connectivity index (χ1v) is 10.1. The van der Waals surface area contributed by atoms with E-state index in [4.69, 9.17) is 14.2 Å². The average Bonchev–Trinajstić information content (AvgIpc) is 3.19. The molecule has 0 bridgehead atoms. The third kappa shape index (κ3) is 4.34. The number of rotatable bonds is 7. The van der Waals surface area contributed by atoms with Crippen LogP contribution in [0, 0.1) is 20.8 Å². The lowest BCUT2D eigenvalue weighted by Crippen LogP contribution is -2.35. The molecule has 0 aliphatic heterocycles. The Morgan fingerprint density at radius 1 is 0.938 bits per heavy atom. The largest absolute Gasteiger partial charge is 0.496 e. The molecular weight excluding hydrogens is 410 g/mol. The minimum atomic E-state index is -0.336. The highest BCUT2D eigenvalue weighted by Crippen LogP contribution is 2.41. The molecule has 0 unspecified atom stereocenters.